The first kappa shape index (κ1) is 14.8. The van der Waals surface area contributed by atoms with Gasteiger partial charge in [0, 0.05) is 16.2 Å². The van der Waals surface area contributed by atoms with Crippen molar-refractivity contribution in [1.82, 2.24) is 0 Å². The molecule has 0 aliphatic rings. The average molecular weight is 264 g/mol. The summed E-state index contributed by atoms with van der Waals surface area (Å²) in [6.07, 6.45) is 4.12. The Morgan fingerprint density at radius 1 is 1.33 bits per heavy atom. The Morgan fingerprint density at radius 3 is 2.44 bits per heavy atom. The molecule has 0 aliphatic carbocycles. The van der Waals surface area contributed by atoms with Gasteiger partial charge in [-0.25, -0.2) is 4.21 Å². The third-order valence-electron chi connectivity index (χ3n) is 2.79. The zero-order valence-corrected chi connectivity index (χ0v) is 12.0. The summed E-state index contributed by atoms with van der Waals surface area (Å²) in [6, 6.07) is 7.70. The number of allylic oxidation sites excluding steroid dienone is 2. The Morgan fingerprint density at radius 2 is 1.94 bits per heavy atom. The van der Waals surface area contributed by atoms with Crippen LogP contribution in [0.2, 0.25) is 0 Å². The van der Waals surface area contributed by atoms with Gasteiger partial charge in [-0.3, -0.25) is 0 Å². The van der Waals surface area contributed by atoms with Crippen LogP contribution in [0.4, 0.5) is 0 Å². The quantitative estimate of drug-likeness (QED) is 0.735. The maximum atomic E-state index is 12.5. The van der Waals surface area contributed by atoms with Crippen LogP contribution in [-0.4, -0.2) is 10.5 Å². The van der Waals surface area contributed by atoms with Crippen LogP contribution in [0, 0.1) is 12.8 Å². The first-order valence-electron chi connectivity index (χ1n) is 6.22. The molecule has 0 bridgehead atoms. The van der Waals surface area contributed by atoms with E-state index in [0.717, 1.165) is 28.1 Å². The highest BCUT2D eigenvalue weighted by atomic mass is 32.2. The first-order chi connectivity index (χ1) is 8.60. The average Bonchev–Trinajstić information content (AvgIpc) is 2.36. The smallest absolute Gasteiger partial charge is 0.120 e. The SMILES string of the molecule is CC/C=C(/[C@@H](C)CC=O)S(=O)c1ccc(C)cc1. The van der Waals surface area contributed by atoms with Gasteiger partial charge >= 0.3 is 0 Å². The van der Waals surface area contributed by atoms with Gasteiger partial charge in [-0.15, -0.1) is 0 Å². The Labute approximate surface area is 112 Å². The van der Waals surface area contributed by atoms with Crippen LogP contribution in [-0.2, 0) is 15.6 Å². The van der Waals surface area contributed by atoms with Gasteiger partial charge in [-0.1, -0.05) is 37.6 Å². The van der Waals surface area contributed by atoms with E-state index in [0.29, 0.717) is 6.42 Å². The van der Waals surface area contributed by atoms with Crippen LogP contribution in [0.5, 0.6) is 0 Å². The fourth-order valence-corrected chi connectivity index (χ4v) is 3.15. The molecule has 0 amide bonds. The molecule has 98 valence electrons. The van der Waals surface area contributed by atoms with Crippen LogP contribution < -0.4 is 0 Å². The van der Waals surface area contributed by atoms with Gasteiger partial charge in [0.2, 0.25) is 0 Å². The lowest BCUT2D eigenvalue weighted by Gasteiger charge is -2.13. The molecule has 0 spiro atoms. The molecule has 0 saturated heterocycles. The molecule has 0 N–H and O–H groups in total. The van der Waals surface area contributed by atoms with Crippen LogP contribution in [0.1, 0.15) is 32.3 Å². The van der Waals surface area contributed by atoms with Gasteiger partial charge < -0.3 is 4.79 Å². The topological polar surface area (TPSA) is 34.1 Å². The highest BCUT2D eigenvalue weighted by Gasteiger charge is 2.16. The molecular formula is C15H20O2S. The standard InChI is InChI=1S/C15H20O2S/c1-4-5-15(13(3)10-11-16)18(17)14-8-6-12(2)7-9-14/h5-9,11,13H,4,10H2,1-3H3/b15-5-/t13-,18?/m0/s1. The number of rotatable bonds is 6. The molecule has 1 unspecified atom stereocenters. The highest BCUT2D eigenvalue weighted by molar-refractivity contribution is 7.89. The number of hydrogen-bond donors (Lipinski definition) is 0. The maximum Gasteiger partial charge on any atom is 0.120 e. The molecule has 0 heterocycles. The van der Waals surface area contributed by atoms with Crippen molar-refractivity contribution >= 4 is 17.1 Å². The second-order valence-electron chi connectivity index (χ2n) is 4.40. The van der Waals surface area contributed by atoms with Crippen molar-refractivity contribution in [2.24, 2.45) is 5.92 Å². The van der Waals surface area contributed by atoms with Crippen LogP contribution in [0.25, 0.3) is 0 Å². The predicted octanol–water partition coefficient (Wildman–Crippen LogP) is 3.62. The van der Waals surface area contributed by atoms with Crippen LogP contribution >= 0.6 is 0 Å². The van der Waals surface area contributed by atoms with Crippen molar-refractivity contribution in [3.05, 3.63) is 40.8 Å². The van der Waals surface area contributed by atoms with E-state index in [4.69, 9.17) is 0 Å². The normalized spacial score (nSPS) is 15.2. The van der Waals surface area contributed by atoms with E-state index in [9.17, 15) is 9.00 Å². The van der Waals surface area contributed by atoms with Crippen molar-refractivity contribution in [2.75, 3.05) is 0 Å². The lowest BCUT2D eigenvalue weighted by Crippen LogP contribution is -2.07. The van der Waals surface area contributed by atoms with E-state index in [1.807, 2.05) is 51.1 Å². The molecule has 0 aliphatic heterocycles. The lowest BCUT2D eigenvalue weighted by molar-refractivity contribution is -0.108. The van der Waals surface area contributed by atoms with Gasteiger partial charge in [0.25, 0.3) is 0 Å². The van der Waals surface area contributed by atoms with Crippen LogP contribution in [0.15, 0.2) is 40.1 Å². The van der Waals surface area contributed by atoms with Crippen LogP contribution in [0.3, 0.4) is 0 Å². The van der Waals surface area contributed by atoms with Crippen molar-refractivity contribution in [3.63, 3.8) is 0 Å². The molecule has 18 heavy (non-hydrogen) atoms. The van der Waals surface area contributed by atoms with E-state index in [1.54, 1.807) is 0 Å². The Balaban J connectivity index is 2.99. The summed E-state index contributed by atoms with van der Waals surface area (Å²) >= 11 is 0. The van der Waals surface area contributed by atoms with Crippen molar-refractivity contribution in [1.29, 1.82) is 0 Å². The second-order valence-corrected chi connectivity index (χ2v) is 5.88. The summed E-state index contributed by atoms with van der Waals surface area (Å²) in [5.74, 6) is 0.0320. The number of carbonyl (C=O) groups excluding carboxylic acids is 1. The van der Waals surface area contributed by atoms with Gasteiger partial charge in [-0.05, 0) is 31.4 Å². The lowest BCUT2D eigenvalue weighted by atomic mass is 10.1. The maximum absolute atomic E-state index is 12.5. The number of aldehydes is 1. The first-order valence-corrected chi connectivity index (χ1v) is 7.37. The summed E-state index contributed by atoms with van der Waals surface area (Å²) in [4.78, 5) is 12.3. The molecule has 1 rings (SSSR count). The van der Waals surface area contributed by atoms with E-state index in [-0.39, 0.29) is 5.92 Å². The third-order valence-corrected chi connectivity index (χ3v) is 4.49. The molecule has 1 aromatic carbocycles. The van der Waals surface area contributed by atoms with E-state index >= 15 is 0 Å². The molecule has 3 heteroatoms. The molecule has 0 fully saturated rings. The summed E-state index contributed by atoms with van der Waals surface area (Å²) in [5, 5.41) is 0. The monoisotopic (exact) mass is 264 g/mol. The summed E-state index contributed by atoms with van der Waals surface area (Å²) in [5.41, 5.74) is 1.15. The van der Waals surface area contributed by atoms with Crippen molar-refractivity contribution in [3.8, 4) is 0 Å². The molecular weight excluding hydrogens is 244 g/mol. The van der Waals surface area contributed by atoms with E-state index < -0.39 is 10.8 Å². The third kappa shape index (κ3) is 3.91. The molecule has 2 nitrogen and oxygen atoms in total. The number of carbonyl (C=O) groups is 1. The Hall–Kier alpha value is -1.22. The highest BCUT2D eigenvalue weighted by Crippen LogP contribution is 2.24. The van der Waals surface area contributed by atoms with Gasteiger partial charge in [0.05, 0.1) is 10.8 Å². The van der Waals surface area contributed by atoms with Gasteiger partial charge in [0.1, 0.15) is 6.29 Å². The summed E-state index contributed by atoms with van der Waals surface area (Å²) < 4.78 is 12.5. The number of aryl methyl sites for hydroxylation is 1. The fraction of sp³-hybridized carbons (Fsp3) is 0.400. The molecule has 1 aromatic rings. The predicted molar refractivity (Wildman–Crippen MR) is 75.8 cm³/mol. The Kier molecular flexibility index (Phi) is 5.99. The van der Waals surface area contributed by atoms with Gasteiger partial charge in [-0.2, -0.15) is 0 Å². The number of benzene rings is 1. The molecule has 2 atom stereocenters. The molecule has 0 aromatic heterocycles. The van der Waals surface area contributed by atoms with E-state index in [1.165, 1.54) is 0 Å². The van der Waals surface area contributed by atoms with Gasteiger partial charge in [0.15, 0.2) is 0 Å². The van der Waals surface area contributed by atoms with Crippen molar-refractivity contribution < 1.29 is 9.00 Å². The van der Waals surface area contributed by atoms with E-state index in [2.05, 4.69) is 0 Å². The minimum atomic E-state index is -1.16. The zero-order chi connectivity index (χ0) is 13.5. The Bertz CT molecular complexity index is 446. The van der Waals surface area contributed by atoms with Crippen molar-refractivity contribution in [2.45, 2.75) is 38.5 Å². The summed E-state index contributed by atoms with van der Waals surface area (Å²) in [6.45, 7) is 5.96. The summed E-state index contributed by atoms with van der Waals surface area (Å²) in [7, 11) is -1.16. The fourth-order valence-electron chi connectivity index (χ4n) is 1.72. The minimum Gasteiger partial charge on any atom is -0.303 e. The largest absolute Gasteiger partial charge is 0.303 e. The molecule has 0 radical (unpaired) electrons. The number of hydrogen-bond acceptors (Lipinski definition) is 2. The second kappa shape index (κ2) is 7.27. The minimum absolute atomic E-state index is 0.0320. The molecule has 0 saturated carbocycles. The zero-order valence-electron chi connectivity index (χ0n) is 11.2.